The van der Waals surface area contributed by atoms with Gasteiger partial charge in [0, 0.05) is 50.1 Å². The molecule has 1 aliphatic heterocycles. The number of ketones is 1. The van der Waals surface area contributed by atoms with Gasteiger partial charge in [0.05, 0.1) is 4.92 Å². The van der Waals surface area contributed by atoms with E-state index in [2.05, 4.69) is 9.97 Å². The fraction of sp³-hybridized carbons (Fsp3) is 0.261. The number of carbonyl (C=O) groups is 1. The van der Waals surface area contributed by atoms with Crippen LogP contribution in [0.4, 0.5) is 11.4 Å². The Bertz CT molecular complexity index is 1280. The van der Waals surface area contributed by atoms with Crippen LogP contribution in [-0.4, -0.2) is 38.3 Å². The number of fused-ring (bicyclic) bond motifs is 1. The Kier molecular flexibility index (Phi) is 4.93. The molecule has 0 N–H and O–H groups in total. The molecule has 3 heterocycles. The molecule has 0 unspecified atom stereocenters. The lowest BCUT2D eigenvalue weighted by atomic mass is 9.96. The number of hydrogen-bond donors (Lipinski definition) is 0. The number of para-hydroxylation sites is 2. The highest BCUT2D eigenvalue weighted by molar-refractivity contribution is 6.07. The SMILES string of the molecule is Cn1ccnc1C(=O)c1ccc(N2CCC(c3nc4ccccc4o3)CC2)c([N+](=O)[O-])c1. The van der Waals surface area contributed by atoms with Crippen molar-refractivity contribution < 1.29 is 14.1 Å². The molecule has 0 spiro atoms. The summed E-state index contributed by atoms with van der Waals surface area (Å²) in [4.78, 5) is 34.7. The lowest BCUT2D eigenvalue weighted by Gasteiger charge is -2.32. The number of aromatic nitrogens is 3. The van der Waals surface area contributed by atoms with Gasteiger partial charge in [0.15, 0.2) is 17.3 Å². The molecule has 2 aromatic heterocycles. The first kappa shape index (κ1) is 19.9. The molecule has 162 valence electrons. The van der Waals surface area contributed by atoms with Crippen LogP contribution in [-0.2, 0) is 7.05 Å². The second-order valence-corrected chi connectivity index (χ2v) is 7.93. The largest absolute Gasteiger partial charge is 0.440 e. The molecular weight excluding hydrogens is 410 g/mol. The molecule has 9 nitrogen and oxygen atoms in total. The molecule has 2 aromatic carbocycles. The van der Waals surface area contributed by atoms with Gasteiger partial charge in [-0.25, -0.2) is 9.97 Å². The van der Waals surface area contributed by atoms with Crippen LogP contribution in [0.15, 0.2) is 59.3 Å². The molecule has 0 atom stereocenters. The molecule has 0 saturated carbocycles. The number of nitro groups is 1. The quantitative estimate of drug-likeness (QED) is 0.266. The van der Waals surface area contributed by atoms with Crippen LogP contribution in [0.1, 0.15) is 40.8 Å². The zero-order valence-electron chi connectivity index (χ0n) is 17.5. The van der Waals surface area contributed by atoms with Gasteiger partial charge in [0.2, 0.25) is 5.78 Å². The van der Waals surface area contributed by atoms with Gasteiger partial charge in [0.25, 0.3) is 5.69 Å². The number of anilines is 1. The molecule has 9 heteroatoms. The van der Waals surface area contributed by atoms with E-state index >= 15 is 0 Å². The van der Waals surface area contributed by atoms with E-state index in [1.54, 1.807) is 29.9 Å². The highest BCUT2D eigenvalue weighted by atomic mass is 16.6. The van der Waals surface area contributed by atoms with Crippen molar-refractivity contribution in [2.24, 2.45) is 7.05 Å². The van der Waals surface area contributed by atoms with Crippen molar-refractivity contribution in [3.63, 3.8) is 0 Å². The average molecular weight is 431 g/mol. The number of aryl methyl sites for hydroxylation is 1. The molecule has 0 aliphatic carbocycles. The maximum absolute atomic E-state index is 12.7. The maximum atomic E-state index is 12.7. The number of oxazole rings is 1. The van der Waals surface area contributed by atoms with Gasteiger partial charge in [0.1, 0.15) is 11.2 Å². The highest BCUT2D eigenvalue weighted by Gasteiger charge is 2.29. The summed E-state index contributed by atoms with van der Waals surface area (Å²) in [6.45, 7) is 1.27. The van der Waals surface area contributed by atoms with Gasteiger partial charge in [-0.1, -0.05) is 12.1 Å². The third kappa shape index (κ3) is 3.51. The van der Waals surface area contributed by atoms with E-state index in [1.807, 2.05) is 29.2 Å². The molecule has 1 fully saturated rings. The first-order chi connectivity index (χ1) is 15.5. The monoisotopic (exact) mass is 431 g/mol. The summed E-state index contributed by atoms with van der Waals surface area (Å²) in [5.74, 6) is 0.784. The minimum Gasteiger partial charge on any atom is -0.440 e. The topological polar surface area (TPSA) is 107 Å². The molecule has 32 heavy (non-hydrogen) atoms. The van der Waals surface area contributed by atoms with Crippen LogP contribution in [0, 0.1) is 10.1 Å². The summed E-state index contributed by atoms with van der Waals surface area (Å²) in [5.41, 5.74) is 2.30. The van der Waals surface area contributed by atoms with E-state index in [0.29, 0.717) is 18.8 Å². The maximum Gasteiger partial charge on any atom is 0.293 e. The van der Waals surface area contributed by atoms with Gasteiger partial charge in [-0.05, 0) is 37.1 Å². The number of piperidine rings is 1. The predicted molar refractivity (Wildman–Crippen MR) is 118 cm³/mol. The van der Waals surface area contributed by atoms with Crippen LogP contribution in [0.5, 0.6) is 0 Å². The number of imidazole rings is 1. The average Bonchev–Trinajstić information content (AvgIpc) is 3.44. The minimum atomic E-state index is -0.433. The van der Waals surface area contributed by atoms with Crippen molar-refractivity contribution in [3.05, 3.63) is 82.3 Å². The van der Waals surface area contributed by atoms with Crippen molar-refractivity contribution in [2.75, 3.05) is 18.0 Å². The summed E-state index contributed by atoms with van der Waals surface area (Å²) < 4.78 is 7.51. The first-order valence-corrected chi connectivity index (χ1v) is 10.4. The van der Waals surface area contributed by atoms with Crippen molar-refractivity contribution >= 4 is 28.3 Å². The number of hydrogen-bond acceptors (Lipinski definition) is 7. The van der Waals surface area contributed by atoms with Crippen molar-refractivity contribution in [1.82, 2.24) is 14.5 Å². The lowest BCUT2D eigenvalue weighted by Crippen LogP contribution is -2.33. The van der Waals surface area contributed by atoms with E-state index in [9.17, 15) is 14.9 Å². The van der Waals surface area contributed by atoms with Crippen molar-refractivity contribution in [3.8, 4) is 0 Å². The van der Waals surface area contributed by atoms with Crippen LogP contribution in [0.2, 0.25) is 0 Å². The van der Waals surface area contributed by atoms with Gasteiger partial charge in [-0.15, -0.1) is 0 Å². The number of benzene rings is 2. The third-order valence-corrected chi connectivity index (χ3v) is 5.95. The molecule has 1 aliphatic rings. The summed E-state index contributed by atoms with van der Waals surface area (Å²) in [6.07, 6.45) is 4.74. The second-order valence-electron chi connectivity index (χ2n) is 7.93. The van der Waals surface area contributed by atoms with Crippen LogP contribution >= 0.6 is 0 Å². The number of nitrogens with zero attached hydrogens (tertiary/aromatic N) is 5. The molecule has 0 radical (unpaired) electrons. The van der Waals surface area contributed by atoms with E-state index in [4.69, 9.17) is 4.42 Å². The molecule has 1 saturated heterocycles. The van der Waals surface area contributed by atoms with Gasteiger partial charge in [-0.3, -0.25) is 14.9 Å². The Hall–Kier alpha value is -4.01. The van der Waals surface area contributed by atoms with Crippen LogP contribution in [0.25, 0.3) is 11.1 Å². The van der Waals surface area contributed by atoms with E-state index in [1.165, 1.54) is 12.3 Å². The number of carbonyl (C=O) groups excluding carboxylic acids is 1. The Labute approximate surface area is 183 Å². The summed E-state index contributed by atoms with van der Waals surface area (Å²) >= 11 is 0. The summed E-state index contributed by atoms with van der Waals surface area (Å²) in [7, 11) is 1.71. The molecule has 0 bridgehead atoms. The third-order valence-electron chi connectivity index (χ3n) is 5.95. The second kappa shape index (κ2) is 7.92. The fourth-order valence-corrected chi connectivity index (χ4v) is 4.22. The van der Waals surface area contributed by atoms with Crippen LogP contribution in [0.3, 0.4) is 0 Å². The normalized spacial score (nSPS) is 14.7. The van der Waals surface area contributed by atoms with Crippen LogP contribution < -0.4 is 4.90 Å². The van der Waals surface area contributed by atoms with Crippen molar-refractivity contribution in [1.29, 1.82) is 0 Å². The standard InChI is InChI=1S/C23H21N5O4/c1-26-13-10-24-22(26)21(29)16-6-7-18(19(14-16)28(30)31)27-11-8-15(9-12-27)23-25-17-4-2-3-5-20(17)32-23/h2-7,10,13-15H,8-9,11-12H2,1H3. The van der Waals surface area contributed by atoms with E-state index < -0.39 is 4.92 Å². The molecule has 4 aromatic rings. The number of rotatable bonds is 5. The molecule has 5 rings (SSSR count). The molecular formula is C23H21N5O4. The van der Waals surface area contributed by atoms with E-state index in [0.717, 1.165) is 29.8 Å². The lowest BCUT2D eigenvalue weighted by molar-refractivity contribution is -0.384. The Morgan fingerprint density at radius 3 is 2.66 bits per heavy atom. The summed E-state index contributed by atoms with van der Waals surface area (Å²) in [6, 6.07) is 12.3. The van der Waals surface area contributed by atoms with E-state index in [-0.39, 0.29) is 28.8 Å². The Balaban J connectivity index is 1.36. The summed E-state index contributed by atoms with van der Waals surface area (Å²) in [5, 5.41) is 11.8. The molecule has 0 amide bonds. The fourth-order valence-electron chi connectivity index (χ4n) is 4.22. The first-order valence-electron chi connectivity index (χ1n) is 10.4. The zero-order chi connectivity index (χ0) is 22.2. The Morgan fingerprint density at radius 1 is 1.19 bits per heavy atom. The Morgan fingerprint density at radius 2 is 1.97 bits per heavy atom. The van der Waals surface area contributed by atoms with Gasteiger partial charge in [-0.2, -0.15) is 0 Å². The zero-order valence-corrected chi connectivity index (χ0v) is 17.5. The smallest absolute Gasteiger partial charge is 0.293 e. The minimum absolute atomic E-state index is 0.0784. The predicted octanol–water partition coefficient (Wildman–Crippen LogP) is 4.08. The van der Waals surface area contributed by atoms with Gasteiger partial charge < -0.3 is 13.9 Å². The van der Waals surface area contributed by atoms with Gasteiger partial charge >= 0.3 is 0 Å². The van der Waals surface area contributed by atoms with Crippen molar-refractivity contribution in [2.45, 2.75) is 18.8 Å². The number of nitro benzene ring substituents is 1. The highest BCUT2D eigenvalue weighted by Crippen LogP contribution is 2.36.